The van der Waals surface area contributed by atoms with E-state index in [4.69, 9.17) is 4.74 Å². The Morgan fingerprint density at radius 3 is 2.83 bits per heavy atom. The van der Waals surface area contributed by atoms with Gasteiger partial charge >= 0.3 is 0 Å². The van der Waals surface area contributed by atoms with Gasteiger partial charge in [0.15, 0.2) is 0 Å². The molecule has 1 amide bonds. The number of carbonyl (C=O) groups excluding carboxylic acids is 1. The summed E-state index contributed by atoms with van der Waals surface area (Å²) in [4.78, 5) is 22.6. The topological polar surface area (TPSA) is 81.1 Å². The van der Waals surface area contributed by atoms with E-state index in [0.29, 0.717) is 42.5 Å². The van der Waals surface area contributed by atoms with Crippen molar-refractivity contribution in [1.82, 2.24) is 25.1 Å². The van der Waals surface area contributed by atoms with Gasteiger partial charge in [0.05, 0.1) is 24.2 Å². The number of aryl methyl sites for hydroxylation is 1. The summed E-state index contributed by atoms with van der Waals surface area (Å²) in [5.74, 6) is 0.183. The molecule has 0 N–H and O–H groups in total. The first-order valence-electron chi connectivity index (χ1n) is 9.39. The summed E-state index contributed by atoms with van der Waals surface area (Å²) in [6, 6.07) is 9.66. The Morgan fingerprint density at radius 1 is 1.21 bits per heavy atom. The lowest BCUT2D eigenvalue weighted by Crippen LogP contribution is -2.30. The van der Waals surface area contributed by atoms with E-state index < -0.39 is 0 Å². The molecule has 1 fully saturated rings. The van der Waals surface area contributed by atoms with Gasteiger partial charge in [0.1, 0.15) is 11.5 Å². The summed E-state index contributed by atoms with van der Waals surface area (Å²) in [5.41, 5.74) is 2.37. The maximum Gasteiger partial charge on any atom is 0.274 e. The highest BCUT2D eigenvalue weighted by Crippen LogP contribution is 2.21. The van der Waals surface area contributed by atoms with Crippen molar-refractivity contribution in [3.8, 4) is 17.1 Å². The molecule has 1 atom stereocenters. The largest absolute Gasteiger partial charge is 0.476 e. The lowest BCUT2D eigenvalue weighted by Gasteiger charge is -2.16. The molecule has 8 heteroatoms. The van der Waals surface area contributed by atoms with Crippen molar-refractivity contribution < 1.29 is 13.9 Å². The molecule has 148 valence electrons. The highest BCUT2D eigenvalue weighted by Gasteiger charge is 2.28. The summed E-state index contributed by atoms with van der Waals surface area (Å²) in [6.45, 7) is 3.53. The van der Waals surface area contributed by atoms with E-state index >= 15 is 0 Å². The molecule has 0 aliphatic carbocycles. The van der Waals surface area contributed by atoms with Gasteiger partial charge in [-0.05, 0) is 31.5 Å². The molecule has 1 unspecified atom stereocenters. The van der Waals surface area contributed by atoms with Crippen molar-refractivity contribution in [2.75, 3.05) is 19.7 Å². The van der Waals surface area contributed by atoms with Crippen LogP contribution < -0.4 is 4.74 Å². The van der Waals surface area contributed by atoms with Crippen LogP contribution in [0.15, 0.2) is 48.8 Å². The van der Waals surface area contributed by atoms with Crippen LogP contribution in [-0.4, -0.2) is 50.7 Å². The van der Waals surface area contributed by atoms with Crippen LogP contribution in [0.5, 0.6) is 5.88 Å². The van der Waals surface area contributed by atoms with Gasteiger partial charge in [-0.25, -0.2) is 9.37 Å². The molecule has 7 nitrogen and oxygen atoms in total. The average Bonchev–Trinajstić information content (AvgIpc) is 3.22. The number of hydrogen-bond donors (Lipinski definition) is 0. The second-order valence-corrected chi connectivity index (χ2v) is 7.03. The van der Waals surface area contributed by atoms with Crippen molar-refractivity contribution in [2.45, 2.75) is 13.3 Å². The molecule has 1 saturated heterocycles. The third-order valence-corrected chi connectivity index (χ3v) is 4.80. The zero-order chi connectivity index (χ0) is 20.2. The van der Waals surface area contributed by atoms with Crippen molar-refractivity contribution in [3.05, 3.63) is 66.0 Å². The fourth-order valence-electron chi connectivity index (χ4n) is 3.22. The third kappa shape index (κ3) is 4.53. The Kier molecular flexibility index (Phi) is 5.41. The van der Waals surface area contributed by atoms with E-state index in [9.17, 15) is 9.18 Å². The molecule has 3 heterocycles. The van der Waals surface area contributed by atoms with Crippen LogP contribution in [-0.2, 0) is 0 Å². The molecule has 3 aromatic rings. The Labute approximate surface area is 167 Å². The minimum atomic E-state index is -0.318. The van der Waals surface area contributed by atoms with Gasteiger partial charge in [0, 0.05) is 36.8 Å². The van der Waals surface area contributed by atoms with Crippen LogP contribution >= 0.6 is 0 Å². The summed E-state index contributed by atoms with van der Waals surface area (Å²) >= 11 is 0. The molecule has 0 saturated carbocycles. The number of hydrogen-bond acceptors (Lipinski definition) is 6. The van der Waals surface area contributed by atoms with Gasteiger partial charge in [0.2, 0.25) is 5.88 Å². The first-order valence-corrected chi connectivity index (χ1v) is 9.39. The summed E-state index contributed by atoms with van der Waals surface area (Å²) in [5, 5.41) is 8.17. The molecule has 4 rings (SSSR count). The number of halogens is 1. The number of rotatable bonds is 5. The number of ether oxygens (including phenoxy) is 1. The smallest absolute Gasteiger partial charge is 0.274 e. The minimum Gasteiger partial charge on any atom is -0.476 e. The van der Waals surface area contributed by atoms with Crippen LogP contribution in [0.25, 0.3) is 11.3 Å². The van der Waals surface area contributed by atoms with Crippen molar-refractivity contribution in [2.24, 2.45) is 5.92 Å². The van der Waals surface area contributed by atoms with Crippen molar-refractivity contribution >= 4 is 5.91 Å². The minimum absolute atomic E-state index is 0.112. The number of carbonyl (C=O) groups is 1. The Balaban J connectivity index is 1.31. The molecular formula is C21H20FN5O2. The maximum atomic E-state index is 13.3. The van der Waals surface area contributed by atoms with Gasteiger partial charge < -0.3 is 9.64 Å². The van der Waals surface area contributed by atoms with Gasteiger partial charge in [-0.3, -0.25) is 9.78 Å². The lowest BCUT2D eigenvalue weighted by molar-refractivity contribution is 0.0776. The third-order valence-electron chi connectivity index (χ3n) is 4.80. The van der Waals surface area contributed by atoms with Gasteiger partial charge in [-0.1, -0.05) is 12.1 Å². The monoisotopic (exact) mass is 393 g/mol. The SMILES string of the molecule is Cc1cnc(C(=O)N2CCC(COc3ccc(-c4cccc(F)c4)nn3)C2)cn1. The van der Waals surface area contributed by atoms with E-state index in [1.54, 1.807) is 35.4 Å². The number of nitrogens with zero attached hydrogens (tertiary/aromatic N) is 5. The highest BCUT2D eigenvalue weighted by atomic mass is 19.1. The van der Waals surface area contributed by atoms with E-state index in [1.165, 1.54) is 18.3 Å². The van der Waals surface area contributed by atoms with Gasteiger partial charge in [0.25, 0.3) is 5.91 Å². The second-order valence-electron chi connectivity index (χ2n) is 7.03. The van der Waals surface area contributed by atoms with Crippen LogP contribution in [0.3, 0.4) is 0 Å². The predicted molar refractivity (Wildman–Crippen MR) is 104 cm³/mol. The van der Waals surface area contributed by atoms with E-state index in [2.05, 4.69) is 20.2 Å². The zero-order valence-electron chi connectivity index (χ0n) is 16.0. The fourth-order valence-corrected chi connectivity index (χ4v) is 3.22. The first kappa shape index (κ1) is 18.9. The highest BCUT2D eigenvalue weighted by molar-refractivity contribution is 5.92. The van der Waals surface area contributed by atoms with Gasteiger partial charge in [-0.15, -0.1) is 10.2 Å². The zero-order valence-corrected chi connectivity index (χ0v) is 16.0. The normalized spacial score (nSPS) is 16.1. The molecule has 0 bridgehead atoms. The Hall–Kier alpha value is -3.42. The number of amides is 1. The standard InChI is InChI=1S/C21H20FN5O2/c1-14-10-24-19(11-23-14)21(28)27-8-7-15(12-27)13-29-20-6-5-18(25-26-20)16-3-2-4-17(22)9-16/h2-6,9-11,15H,7-8,12-13H2,1H3. The second kappa shape index (κ2) is 8.30. The van der Waals surface area contributed by atoms with Crippen LogP contribution in [0.2, 0.25) is 0 Å². The van der Waals surface area contributed by atoms with Crippen LogP contribution in [0, 0.1) is 18.7 Å². The molecule has 1 aliphatic rings. The molecule has 1 aromatic carbocycles. The molecule has 29 heavy (non-hydrogen) atoms. The number of benzene rings is 1. The van der Waals surface area contributed by atoms with Crippen molar-refractivity contribution in [3.63, 3.8) is 0 Å². The van der Waals surface area contributed by atoms with E-state index in [-0.39, 0.29) is 17.6 Å². The predicted octanol–water partition coefficient (Wildman–Crippen LogP) is 2.92. The number of likely N-dealkylation sites (tertiary alicyclic amines) is 1. The fraction of sp³-hybridized carbons (Fsp3) is 0.286. The van der Waals surface area contributed by atoms with E-state index in [0.717, 1.165) is 12.1 Å². The Morgan fingerprint density at radius 2 is 2.10 bits per heavy atom. The molecule has 2 aromatic heterocycles. The van der Waals surface area contributed by atoms with Crippen molar-refractivity contribution in [1.29, 1.82) is 0 Å². The summed E-state index contributed by atoms with van der Waals surface area (Å²) in [6.07, 6.45) is 3.95. The molecular weight excluding hydrogens is 373 g/mol. The van der Waals surface area contributed by atoms with Gasteiger partial charge in [-0.2, -0.15) is 0 Å². The van der Waals surface area contributed by atoms with E-state index in [1.807, 2.05) is 6.92 Å². The average molecular weight is 393 g/mol. The molecule has 0 radical (unpaired) electrons. The van der Waals surface area contributed by atoms with Crippen LogP contribution in [0.4, 0.5) is 4.39 Å². The maximum absolute atomic E-state index is 13.3. The lowest BCUT2D eigenvalue weighted by atomic mass is 10.1. The molecule has 0 spiro atoms. The Bertz CT molecular complexity index is 995. The molecule has 1 aliphatic heterocycles. The quantitative estimate of drug-likeness (QED) is 0.663. The number of aromatic nitrogens is 4. The summed E-state index contributed by atoms with van der Waals surface area (Å²) < 4.78 is 19.1. The summed E-state index contributed by atoms with van der Waals surface area (Å²) in [7, 11) is 0. The van der Waals surface area contributed by atoms with Crippen LogP contribution in [0.1, 0.15) is 22.6 Å². The first-order chi connectivity index (χ1) is 14.1.